The van der Waals surface area contributed by atoms with Gasteiger partial charge in [-0.3, -0.25) is 4.55 Å². The molecule has 0 amide bonds. The molecule has 0 aromatic carbocycles. The fourth-order valence-electron chi connectivity index (χ4n) is 0.312. The van der Waals surface area contributed by atoms with E-state index in [1.54, 1.807) is 0 Å². The van der Waals surface area contributed by atoms with E-state index >= 15 is 0 Å². The second-order valence-corrected chi connectivity index (χ2v) is 4.40. The summed E-state index contributed by atoms with van der Waals surface area (Å²) >= 11 is 0. The van der Waals surface area contributed by atoms with Gasteiger partial charge in [0.2, 0.25) is 6.29 Å². The quantitative estimate of drug-likeness (QED) is 0.185. The van der Waals surface area contributed by atoms with Crippen LogP contribution in [0.5, 0.6) is 0 Å². The van der Waals surface area contributed by atoms with Gasteiger partial charge in [0.15, 0.2) is 0 Å². The van der Waals surface area contributed by atoms with Crippen molar-refractivity contribution in [3.63, 3.8) is 0 Å². The maximum atomic E-state index is 10.4. The molecular formula is C2H8Na2O11S2. The zero-order valence-corrected chi connectivity index (χ0v) is 8.21. The predicted molar refractivity (Wildman–Crippen MR) is 52.3 cm³/mol. The molecule has 0 aromatic rings. The Bertz CT molecular complexity index is 407. The third-order valence-electron chi connectivity index (χ3n) is 0.730. The third-order valence-corrected chi connectivity index (χ3v) is 2.53. The molecule has 0 unspecified atom stereocenters. The Hall–Kier alpha value is 1.62. The number of hydrogen-bond acceptors (Lipinski definition) is 10. The Kier molecular flexibility index (Phi) is 11.2. The van der Waals surface area contributed by atoms with Crippen molar-refractivity contribution in [2.75, 3.05) is 0 Å². The topological polar surface area (TPSA) is 188 Å². The molecule has 0 atom stereocenters. The SMILES string of the molecule is O=S(=O)(O)OS(=O)(=O)OC(O)(O)C(O)O.[NaH].[NaH]. The average Bonchev–Trinajstić information content (AvgIpc) is 1.75. The van der Waals surface area contributed by atoms with E-state index in [-0.39, 0.29) is 59.1 Å². The Morgan fingerprint density at radius 2 is 1.35 bits per heavy atom. The van der Waals surface area contributed by atoms with E-state index in [0.717, 1.165) is 0 Å². The molecule has 15 heteroatoms. The van der Waals surface area contributed by atoms with E-state index in [1.165, 1.54) is 0 Å². The van der Waals surface area contributed by atoms with E-state index in [2.05, 4.69) is 7.81 Å². The maximum absolute atomic E-state index is 10.4. The first-order valence-corrected chi connectivity index (χ1v) is 5.50. The van der Waals surface area contributed by atoms with E-state index in [4.69, 9.17) is 25.0 Å². The van der Waals surface area contributed by atoms with Crippen LogP contribution in [0.25, 0.3) is 0 Å². The van der Waals surface area contributed by atoms with Crippen LogP contribution in [-0.2, 0) is 28.6 Å². The Balaban J connectivity index is -0.000000980. The van der Waals surface area contributed by atoms with Crippen LogP contribution < -0.4 is 0 Å². The molecule has 11 nitrogen and oxygen atoms in total. The molecular weight excluding hydrogens is 310 g/mol. The normalized spacial score (nSPS) is 12.8. The molecule has 0 rings (SSSR count). The molecule has 5 N–H and O–H groups in total. The van der Waals surface area contributed by atoms with Gasteiger partial charge in [-0.05, 0) is 0 Å². The zero-order chi connectivity index (χ0) is 12.5. The minimum absolute atomic E-state index is 0. The van der Waals surface area contributed by atoms with Gasteiger partial charge in [0.1, 0.15) is 0 Å². The molecule has 0 fully saturated rings. The summed E-state index contributed by atoms with van der Waals surface area (Å²) in [6, 6.07) is 0. The molecule has 0 bridgehead atoms. The molecule has 0 heterocycles. The summed E-state index contributed by atoms with van der Waals surface area (Å²) in [6.45, 7) is 0. The summed E-state index contributed by atoms with van der Waals surface area (Å²) in [5.41, 5.74) is 0. The van der Waals surface area contributed by atoms with Gasteiger partial charge in [0.05, 0.1) is 0 Å². The molecule has 96 valence electrons. The van der Waals surface area contributed by atoms with Crippen LogP contribution in [-0.4, -0.2) is 113 Å². The van der Waals surface area contributed by atoms with Gasteiger partial charge < -0.3 is 20.4 Å². The fourth-order valence-corrected chi connectivity index (χ4v) is 1.65. The molecule has 17 heavy (non-hydrogen) atoms. The first-order valence-electron chi connectivity index (χ1n) is 2.81. The number of aliphatic hydroxyl groups is 4. The van der Waals surface area contributed by atoms with Gasteiger partial charge in [0.25, 0.3) is 0 Å². The molecule has 0 aromatic heterocycles. The molecule has 0 aliphatic rings. The van der Waals surface area contributed by atoms with Crippen molar-refractivity contribution in [3.8, 4) is 0 Å². The van der Waals surface area contributed by atoms with Gasteiger partial charge in [-0.2, -0.15) is 21.0 Å². The molecule has 0 saturated heterocycles. The predicted octanol–water partition coefficient (Wildman–Crippen LogP) is -5.28. The Labute approximate surface area is 140 Å². The minimum atomic E-state index is -5.60. The fraction of sp³-hybridized carbons (Fsp3) is 1.00. The summed E-state index contributed by atoms with van der Waals surface area (Å²) < 4.78 is 54.5. The Morgan fingerprint density at radius 3 is 1.59 bits per heavy atom. The van der Waals surface area contributed by atoms with Gasteiger partial charge >= 0.3 is 85.9 Å². The van der Waals surface area contributed by atoms with Crippen molar-refractivity contribution in [2.45, 2.75) is 12.3 Å². The molecule has 0 aliphatic heterocycles. The second-order valence-electron chi connectivity index (χ2n) is 2.02. The molecule has 0 aliphatic carbocycles. The number of hydrogen-bond donors (Lipinski definition) is 5. The van der Waals surface area contributed by atoms with Crippen molar-refractivity contribution >= 4 is 79.9 Å². The van der Waals surface area contributed by atoms with E-state index in [1.807, 2.05) is 0 Å². The first-order chi connectivity index (χ1) is 6.36. The second kappa shape index (κ2) is 8.03. The summed E-state index contributed by atoms with van der Waals surface area (Å²) in [7, 11) is -11.1. The standard InChI is InChI=1S/C2H6O11S2.2Na.2H/c3-1(4)2(5,6)12-15(10,11)13-14(7,8)9;;;;/h1,3-6H,(H,7,8,9);;;;. The summed E-state index contributed by atoms with van der Waals surface area (Å²) in [6.07, 6.45) is -3.09. The zero-order valence-electron chi connectivity index (χ0n) is 6.58. The van der Waals surface area contributed by atoms with Crippen molar-refractivity contribution in [2.24, 2.45) is 0 Å². The Morgan fingerprint density at radius 1 is 1.00 bits per heavy atom. The van der Waals surface area contributed by atoms with E-state index in [9.17, 15) is 16.8 Å². The van der Waals surface area contributed by atoms with Crippen LogP contribution in [0.3, 0.4) is 0 Å². The van der Waals surface area contributed by atoms with Crippen molar-refractivity contribution in [1.29, 1.82) is 0 Å². The van der Waals surface area contributed by atoms with Crippen LogP contribution in [0, 0.1) is 0 Å². The van der Waals surface area contributed by atoms with Crippen LogP contribution in [0.15, 0.2) is 0 Å². The molecule has 0 spiro atoms. The van der Waals surface area contributed by atoms with E-state index in [0.29, 0.717) is 0 Å². The van der Waals surface area contributed by atoms with Crippen molar-refractivity contribution in [3.05, 3.63) is 0 Å². The van der Waals surface area contributed by atoms with Crippen LogP contribution in [0.2, 0.25) is 0 Å². The van der Waals surface area contributed by atoms with Gasteiger partial charge in [-0.25, -0.2) is 0 Å². The molecule has 0 radical (unpaired) electrons. The van der Waals surface area contributed by atoms with Gasteiger partial charge in [0, 0.05) is 0 Å². The average molecular weight is 318 g/mol. The first kappa shape index (κ1) is 23.7. The third kappa shape index (κ3) is 11.2. The summed E-state index contributed by atoms with van der Waals surface area (Å²) in [5, 5.41) is 33.1. The van der Waals surface area contributed by atoms with Crippen molar-refractivity contribution < 1.29 is 49.6 Å². The monoisotopic (exact) mass is 318 g/mol. The van der Waals surface area contributed by atoms with Crippen LogP contribution in [0.4, 0.5) is 0 Å². The number of aliphatic hydroxyl groups excluding tert-OH is 1. The van der Waals surface area contributed by atoms with Crippen LogP contribution >= 0.6 is 0 Å². The van der Waals surface area contributed by atoms with E-state index < -0.39 is 33.1 Å². The van der Waals surface area contributed by atoms with Gasteiger partial charge in [-0.1, -0.05) is 0 Å². The number of rotatable bonds is 5. The van der Waals surface area contributed by atoms with Crippen LogP contribution in [0.1, 0.15) is 0 Å². The summed E-state index contributed by atoms with van der Waals surface area (Å²) in [5.74, 6) is -4.02. The van der Waals surface area contributed by atoms with Crippen molar-refractivity contribution in [1.82, 2.24) is 0 Å². The molecule has 0 saturated carbocycles. The summed E-state index contributed by atoms with van der Waals surface area (Å²) in [4.78, 5) is 0. The van der Waals surface area contributed by atoms with Gasteiger partial charge in [-0.15, -0.1) is 3.63 Å².